The molecule has 0 unspecified atom stereocenters. The molecule has 2 aromatic carbocycles. The Labute approximate surface area is 241 Å². The number of nitrogens with zero attached hydrogens (tertiary/aromatic N) is 1. The van der Waals surface area contributed by atoms with Crippen molar-refractivity contribution >= 4 is 23.3 Å². The van der Waals surface area contributed by atoms with Gasteiger partial charge in [-0.2, -0.15) is 0 Å². The van der Waals surface area contributed by atoms with E-state index in [0.29, 0.717) is 22.3 Å². The van der Waals surface area contributed by atoms with Gasteiger partial charge in [0.2, 0.25) is 5.78 Å². The van der Waals surface area contributed by atoms with Gasteiger partial charge in [0.15, 0.2) is 17.2 Å². The van der Waals surface area contributed by atoms with Crippen LogP contribution in [0.5, 0.6) is 5.75 Å². The molecular formula is C31H32N2O9. The highest BCUT2D eigenvalue weighted by molar-refractivity contribution is 6.25. The number of Topliss-reactive ketones (excluding diaryl/α,β-unsaturated/α-hetero) is 3. The largest absolute Gasteiger partial charge is 0.510 e. The van der Waals surface area contributed by atoms with Gasteiger partial charge in [-0.1, -0.05) is 18.2 Å². The van der Waals surface area contributed by atoms with Crippen molar-refractivity contribution < 1.29 is 44.7 Å². The Kier molecular flexibility index (Phi) is 7.30. The first-order chi connectivity index (χ1) is 19.8. The van der Waals surface area contributed by atoms with Crippen molar-refractivity contribution in [3.63, 3.8) is 0 Å². The van der Waals surface area contributed by atoms with Crippen LogP contribution in [0.25, 0.3) is 11.1 Å². The molecule has 3 aliphatic carbocycles. The third kappa shape index (κ3) is 4.23. The fourth-order valence-corrected chi connectivity index (χ4v) is 6.72. The van der Waals surface area contributed by atoms with Crippen molar-refractivity contribution in [2.24, 2.45) is 11.8 Å². The quantitative estimate of drug-likeness (QED) is 0.276. The van der Waals surface area contributed by atoms with Gasteiger partial charge in [-0.05, 0) is 74.7 Å². The number of aliphatic hydroxyl groups is 4. The summed E-state index contributed by atoms with van der Waals surface area (Å²) in [5, 5.41) is 56.6. The Balaban J connectivity index is 1.66. The van der Waals surface area contributed by atoms with E-state index in [-0.39, 0.29) is 42.9 Å². The first-order valence-electron chi connectivity index (χ1n) is 13.5. The minimum absolute atomic E-state index is 0.00358. The van der Waals surface area contributed by atoms with Gasteiger partial charge in [0.1, 0.15) is 22.8 Å². The Morgan fingerprint density at radius 1 is 1.10 bits per heavy atom. The maximum Gasteiger partial charge on any atom is 0.251 e. The summed E-state index contributed by atoms with van der Waals surface area (Å²) in [6.45, 7) is 0.931. The summed E-state index contributed by atoms with van der Waals surface area (Å²) in [6.07, 6.45) is 0.139. The summed E-state index contributed by atoms with van der Waals surface area (Å²) in [7, 11) is 3.21. The number of nitrogens with one attached hydrogen (secondary N) is 1. The van der Waals surface area contributed by atoms with Gasteiger partial charge in [-0.3, -0.25) is 24.1 Å². The van der Waals surface area contributed by atoms with E-state index in [1.54, 1.807) is 49.3 Å². The van der Waals surface area contributed by atoms with Gasteiger partial charge in [0.25, 0.3) is 5.91 Å². The van der Waals surface area contributed by atoms with E-state index in [0.717, 1.165) is 6.92 Å². The smallest absolute Gasteiger partial charge is 0.251 e. The number of hydrogen-bond donors (Lipinski definition) is 6. The number of rotatable bonds is 6. The average Bonchev–Trinajstić information content (AvgIpc) is 2.93. The summed E-state index contributed by atoms with van der Waals surface area (Å²) >= 11 is 0. The molecule has 0 aromatic heterocycles. The van der Waals surface area contributed by atoms with Crippen LogP contribution >= 0.6 is 0 Å². The molecular weight excluding hydrogens is 544 g/mol. The second-order valence-electron chi connectivity index (χ2n) is 11.2. The predicted octanol–water partition coefficient (Wildman–Crippen LogP) is 1.61. The molecule has 0 fully saturated rings. The van der Waals surface area contributed by atoms with Crippen LogP contribution in [0.4, 0.5) is 0 Å². The maximum absolute atomic E-state index is 14.0. The maximum atomic E-state index is 14.0. The zero-order valence-corrected chi connectivity index (χ0v) is 23.3. The first-order valence-corrected chi connectivity index (χ1v) is 13.5. The van der Waals surface area contributed by atoms with Crippen LogP contribution in [0.1, 0.15) is 39.6 Å². The highest BCUT2D eigenvalue weighted by Crippen LogP contribution is 2.53. The van der Waals surface area contributed by atoms with Crippen molar-refractivity contribution in [3.8, 4) is 16.9 Å². The minimum Gasteiger partial charge on any atom is -0.510 e. The number of likely N-dealkylation sites (N-methyl/N-ethyl adjacent to an activating group) is 1. The number of amides is 1. The van der Waals surface area contributed by atoms with Crippen LogP contribution in [0.3, 0.4) is 0 Å². The van der Waals surface area contributed by atoms with Crippen LogP contribution < -0.4 is 5.32 Å². The Hall–Kier alpha value is -4.32. The van der Waals surface area contributed by atoms with Crippen LogP contribution in [0.2, 0.25) is 0 Å². The number of aliphatic hydroxyl groups excluding tert-OH is 3. The topological polar surface area (TPSA) is 185 Å². The number of phenols is 1. The number of aromatic hydroxyl groups is 1. The van der Waals surface area contributed by atoms with E-state index < -0.39 is 63.8 Å². The molecule has 0 aliphatic heterocycles. The van der Waals surface area contributed by atoms with Gasteiger partial charge >= 0.3 is 0 Å². The lowest BCUT2D eigenvalue weighted by atomic mass is 9.58. The highest BCUT2D eigenvalue weighted by atomic mass is 16.3. The third-order valence-electron chi connectivity index (χ3n) is 8.54. The van der Waals surface area contributed by atoms with Crippen LogP contribution in [-0.4, -0.2) is 92.6 Å². The second kappa shape index (κ2) is 10.5. The molecule has 0 heterocycles. The highest BCUT2D eigenvalue weighted by Gasteiger charge is 2.63. The summed E-state index contributed by atoms with van der Waals surface area (Å²) in [6, 6.07) is 8.58. The van der Waals surface area contributed by atoms with E-state index in [1.165, 1.54) is 6.07 Å². The van der Waals surface area contributed by atoms with Crippen LogP contribution in [0.15, 0.2) is 59.1 Å². The molecule has 4 atom stereocenters. The van der Waals surface area contributed by atoms with E-state index in [2.05, 4.69) is 5.32 Å². The fraction of sp³-hybridized carbons (Fsp3) is 0.355. The van der Waals surface area contributed by atoms with E-state index >= 15 is 0 Å². The number of ketones is 3. The summed E-state index contributed by atoms with van der Waals surface area (Å²) < 4.78 is 0. The molecule has 0 bridgehead atoms. The number of allylic oxidation sites excluding steroid dienone is 1. The molecule has 220 valence electrons. The monoisotopic (exact) mass is 576 g/mol. The zero-order chi connectivity index (χ0) is 30.7. The second-order valence-corrected chi connectivity index (χ2v) is 11.2. The van der Waals surface area contributed by atoms with E-state index in [1.807, 2.05) is 0 Å². The van der Waals surface area contributed by atoms with Crippen molar-refractivity contribution in [2.45, 2.75) is 31.4 Å². The third-order valence-corrected chi connectivity index (χ3v) is 8.54. The molecule has 5 rings (SSSR count). The molecule has 0 saturated heterocycles. The molecule has 11 heteroatoms. The average molecular weight is 577 g/mol. The fourth-order valence-electron chi connectivity index (χ4n) is 6.72. The molecule has 2 aromatic rings. The first kappa shape index (κ1) is 29.2. The number of benzene rings is 2. The number of fused-ring (bicyclic) bond motifs is 3. The Morgan fingerprint density at radius 3 is 2.45 bits per heavy atom. The number of carbonyl (C=O) groups excluding carboxylic acids is 4. The molecule has 3 aliphatic rings. The summed E-state index contributed by atoms with van der Waals surface area (Å²) in [5.41, 5.74) is -1.64. The zero-order valence-electron chi connectivity index (χ0n) is 23.3. The minimum atomic E-state index is -2.63. The van der Waals surface area contributed by atoms with Gasteiger partial charge < -0.3 is 30.8 Å². The molecule has 0 spiro atoms. The van der Waals surface area contributed by atoms with Gasteiger partial charge in [-0.15, -0.1) is 0 Å². The lowest BCUT2D eigenvalue weighted by Gasteiger charge is -2.50. The number of carbonyl (C=O) groups is 4. The summed E-state index contributed by atoms with van der Waals surface area (Å²) in [4.78, 5) is 53.9. The molecule has 11 nitrogen and oxygen atoms in total. The standard InChI is InChI=1S/C31H32N2O9/c1-14(35)22-27(38)25(33(2)3)20-13-17-12-19-18(15-5-4-6-16(11-15)30(41)32-9-10-34)7-8-21(36)24(19)26(37)23(17)29(40)31(20,42)28(22)39/h4-8,11,17,20,25,34,36,38,40,42H,9-10,12-13H2,1-3H3,(H,32,41)/t17-,20-,25-,31+/m0/s1. The predicted molar refractivity (Wildman–Crippen MR) is 150 cm³/mol. The lowest BCUT2D eigenvalue weighted by Crippen LogP contribution is -2.63. The van der Waals surface area contributed by atoms with Crippen molar-refractivity contribution in [1.29, 1.82) is 0 Å². The number of phenolic OH excluding ortho intramolecular Hbond substituents is 1. The lowest BCUT2D eigenvalue weighted by molar-refractivity contribution is -0.148. The Morgan fingerprint density at radius 2 is 1.81 bits per heavy atom. The van der Waals surface area contributed by atoms with E-state index in [4.69, 9.17) is 5.11 Å². The van der Waals surface area contributed by atoms with Crippen molar-refractivity contribution in [3.05, 3.63) is 75.8 Å². The van der Waals surface area contributed by atoms with E-state index in [9.17, 15) is 39.6 Å². The molecule has 1 amide bonds. The van der Waals surface area contributed by atoms with Crippen LogP contribution in [-0.2, 0) is 16.0 Å². The molecule has 0 radical (unpaired) electrons. The van der Waals surface area contributed by atoms with Gasteiger partial charge in [0.05, 0.1) is 18.2 Å². The molecule has 42 heavy (non-hydrogen) atoms. The van der Waals surface area contributed by atoms with Crippen molar-refractivity contribution in [1.82, 2.24) is 10.2 Å². The normalized spacial score (nSPS) is 25.2. The van der Waals surface area contributed by atoms with Crippen molar-refractivity contribution in [2.75, 3.05) is 27.2 Å². The Bertz CT molecular complexity index is 1610. The SMILES string of the molecule is CC(=O)C1=C(O)[C@@H](N(C)C)[C@@H]2C[C@@H]3Cc4c(-c5cccc(C(=O)NCCO)c5)ccc(O)c4C(=O)C3=C(O)[C@]2(O)C1=O. The van der Waals surface area contributed by atoms with Crippen LogP contribution in [0, 0.1) is 11.8 Å². The number of hydrogen-bond acceptors (Lipinski definition) is 10. The molecule has 0 saturated carbocycles. The van der Waals surface area contributed by atoms with Gasteiger partial charge in [0, 0.05) is 23.6 Å². The van der Waals surface area contributed by atoms with Gasteiger partial charge in [-0.25, -0.2) is 0 Å². The molecule has 6 N–H and O–H groups in total. The summed E-state index contributed by atoms with van der Waals surface area (Å²) in [5.74, 6) is -6.65.